The molecule has 1 aliphatic carbocycles. The molecule has 1 aliphatic heterocycles. The van der Waals surface area contributed by atoms with Gasteiger partial charge in [0.15, 0.2) is 0 Å². The smallest absolute Gasteiger partial charge is 0.0669 e. The van der Waals surface area contributed by atoms with Crippen LogP contribution in [0.2, 0.25) is 0 Å². The number of likely N-dealkylation sites (N-methyl/N-ethyl adjacent to an activating group) is 1. The molecule has 1 saturated carbocycles. The molecule has 1 fully saturated rings. The maximum Gasteiger partial charge on any atom is 0.0669 e. The fourth-order valence-corrected chi connectivity index (χ4v) is 4.61. The van der Waals surface area contributed by atoms with E-state index in [1.807, 2.05) is 6.07 Å². The Morgan fingerprint density at radius 2 is 1.91 bits per heavy atom. The quantitative estimate of drug-likeness (QED) is 0.805. The predicted octanol–water partition coefficient (Wildman–Crippen LogP) is 4.68. The van der Waals surface area contributed by atoms with E-state index in [-0.39, 0.29) is 0 Å². The number of nitrogens with zero attached hydrogens (tertiary/aromatic N) is 2. The molecule has 1 spiro atoms. The number of benzene rings is 2. The van der Waals surface area contributed by atoms with Gasteiger partial charge in [-0.15, -0.1) is 0 Å². The average Bonchev–Trinajstić information content (AvgIpc) is 3.14. The third-order valence-corrected chi connectivity index (χ3v) is 5.68. The van der Waals surface area contributed by atoms with E-state index >= 15 is 0 Å². The highest BCUT2D eigenvalue weighted by Crippen LogP contribution is 2.50. The SMILES string of the molecule is CN1CC2(CCCC2)c2cc(-c3ccccc3CC#N)ccc21. The Hall–Kier alpha value is -2.27. The Bertz CT molecular complexity index is 779. The molecular formula is C21H22N2. The first kappa shape index (κ1) is 14.3. The normalized spacial score (nSPS) is 18.2. The molecule has 23 heavy (non-hydrogen) atoms. The minimum atomic E-state index is 0.365. The van der Waals surface area contributed by atoms with Gasteiger partial charge < -0.3 is 4.90 Å². The van der Waals surface area contributed by atoms with Crippen molar-refractivity contribution in [2.45, 2.75) is 37.5 Å². The van der Waals surface area contributed by atoms with Crippen molar-refractivity contribution in [3.63, 3.8) is 0 Å². The molecule has 4 rings (SSSR count). The fourth-order valence-electron chi connectivity index (χ4n) is 4.61. The molecule has 2 heteroatoms. The average molecular weight is 302 g/mol. The number of fused-ring (bicyclic) bond motifs is 2. The molecule has 0 unspecified atom stereocenters. The van der Waals surface area contributed by atoms with E-state index in [0.29, 0.717) is 11.8 Å². The van der Waals surface area contributed by atoms with E-state index in [4.69, 9.17) is 5.26 Å². The van der Waals surface area contributed by atoms with Gasteiger partial charge in [0.25, 0.3) is 0 Å². The molecule has 0 atom stereocenters. The number of rotatable bonds is 2. The second kappa shape index (κ2) is 5.42. The minimum Gasteiger partial charge on any atom is -0.373 e. The summed E-state index contributed by atoms with van der Waals surface area (Å²) in [7, 11) is 2.22. The molecule has 2 aliphatic rings. The summed E-state index contributed by atoms with van der Waals surface area (Å²) in [6, 6.07) is 17.5. The van der Waals surface area contributed by atoms with Crippen LogP contribution in [0, 0.1) is 11.3 Å². The van der Waals surface area contributed by atoms with Crippen LogP contribution in [-0.2, 0) is 11.8 Å². The lowest BCUT2D eigenvalue weighted by molar-refractivity contribution is 0.473. The molecule has 2 aromatic rings. The van der Waals surface area contributed by atoms with Gasteiger partial charge in [-0.2, -0.15) is 5.26 Å². The molecule has 2 nitrogen and oxygen atoms in total. The van der Waals surface area contributed by atoms with Gasteiger partial charge in [-0.25, -0.2) is 0 Å². The zero-order chi connectivity index (χ0) is 15.9. The van der Waals surface area contributed by atoms with E-state index in [1.54, 1.807) is 0 Å². The van der Waals surface area contributed by atoms with Gasteiger partial charge >= 0.3 is 0 Å². The topological polar surface area (TPSA) is 27.0 Å². The first-order valence-corrected chi connectivity index (χ1v) is 8.54. The third-order valence-electron chi connectivity index (χ3n) is 5.68. The maximum atomic E-state index is 9.09. The third kappa shape index (κ3) is 2.23. The van der Waals surface area contributed by atoms with Gasteiger partial charge in [0, 0.05) is 24.7 Å². The lowest BCUT2D eigenvalue weighted by atomic mass is 9.79. The largest absolute Gasteiger partial charge is 0.373 e. The lowest BCUT2D eigenvalue weighted by Gasteiger charge is -2.24. The fraction of sp³-hybridized carbons (Fsp3) is 0.381. The second-order valence-electron chi connectivity index (χ2n) is 7.07. The van der Waals surface area contributed by atoms with Crippen molar-refractivity contribution in [1.82, 2.24) is 0 Å². The van der Waals surface area contributed by atoms with E-state index in [2.05, 4.69) is 54.4 Å². The molecular weight excluding hydrogens is 280 g/mol. The highest BCUT2D eigenvalue weighted by Gasteiger charge is 2.43. The molecule has 2 aromatic carbocycles. The van der Waals surface area contributed by atoms with Crippen LogP contribution in [0.4, 0.5) is 5.69 Å². The summed E-state index contributed by atoms with van der Waals surface area (Å²) in [5.41, 5.74) is 6.89. The molecule has 0 amide bonds. The first-order valence-electron chi connectivity index (χ1n) is 8.54. The van der Waals surface area contributed by atoms with Crippen LogP contribution < -0.4 is 4.90 Å². The Labute approximate surface area is 138 Å². The number of nitriles is 1. The van der Waals surface area contributed by atoms with Crippen molar-refractivity contribution in [2.24, 2.45) is 0 Å². The molecule has 0 bridgehead atoms. The van der Waals surface area contributed by atoms with Gasteiger partial charge in [-0.1, -0.05) is 43.2 Å². The maximum absolute atomic E-state index is 9.09. The highest BCUT2D eigenvalue weighted by molar-refractivity contribution is 5.74. The number of hydrogen-bond donors (Lipinski definition) is 0. The Morgan fingerprint density at radius 3 is 2.70 bits per heavy atom. The Morgan fingerprint density at radius 1 is 1.13 bits per heavy atom. The van der Waals surface area contributed by atoms with E-state index < -0.39 is 0 Å². The molecule has 0 N–H and O–H groups in total. The van der Waals surface area contributed by atoms with E-state index in [9.17, 15) is 0 Å². The van der Waals surface area contributed by atoms with Crippen LogP contribution in [0.5, 0.6) is 0 Å². The summed E-state index contributed by atoms with van der Waals surface area (Å²) in [5, 5.41) is 9.09. The Balaban J connectivity index is 1.83. The minimum absolute atomic E-state index is 0.365. The zero-order valence-corrected chi connectivity index (χ0v) is 13.7. The van der Waals surface area contributed by atoms with Crippen LogP contribution in [0.3, 0.4) is 0 Å². The predicted molar refractivity (Wildman–Crippen MR) is 94.6 cm³/mol. The van der Waals surface area contributed by atoms with E-state index in [1.165, 1.54) is 48.1 Å². The van der Waals surface area contributed by atoms with Crippen LogP contribution in [0.25, 0.3) is 11.1 Å². The van der Waals surface area contributed by atoms with Gasteiger partial charge in [0.1, 0.15) is 0 Å². The summed E-state index contributed by atoms with van der Waals surface area (Å²) >= 11 is 0. The summed E-state index contributed by atoms with van der Waals surface area (Å²) < 4.78 is 0. The molecule has 0 aromatic heterocycles. The number of hydrogen-bond acceptors (Lipinski definition) is 2. The lowest BCUT2D eigenvalue weighted by Crippen LogP contribution is -2.28. The van der Waals surface area contributed by atoms with Crippen LogP contribution in [0.1, 0.15) is 36.8 Å². The second-order valence-corrected chi connectivity index (χ2v) is 7.07. The molecule has 0 saturated heterocycles. The van der Waals surface area contributed by atoms with Crippen molar-refractivity contribution in [1.29, 1.82) is 5.26 Å². The summed E-state index contributed by atoms with van der Waals surface area (Å²) in [6.07, 6.45) is 5.80. The monoisotopic (exact) mass is 302 g/mol. The molecule has 1 heterocycles. The standard InChI is InChI=1S/C21H22N2/c1-23-15-21(11-4-5-12-21)19-14-17(8-9-20(19)23)18-7-3-2-6-16(18)10-13-22/h2-3,6-9,14H,4-5,10-12,15H2,1H3. The van der Waals surface area contributed by atoms with Crippen molar-refractivity contribution in [3.8, 4) is 17.2 Å². The molecule has 0 radical (unpaired) electrons. The van der Waals surface area contributed by atoms with Gasteiger partial charge in [-0.3, -0.25) is 0 Å². The van der Waals surface area contributed by atoms with Gasteiger partial charge in [0.2, 0.25) is 0 Å². The van der Waals surface area contributed by atoms with Gasteiger partial charge in [0.05, 0.1) is 12.5 Å². The van der Waals surface area contributed by atoms with Gasteiger partial charge in [-0.05, 0) is 47.2 Å². The highest BCUT2D eigenvalue weighted by atomic mass is 15.1. The Kier molecular flexibility index (Phi) is 3.38. The number of anilines is 1. The first-order chi connectivity index (χ1) is 11.2. The van der Waals surface area contributed by atoms with Crippen molar-refractivity contribution in [2.75, 3.05) is 18.5 Å². The zero-order valence-electron chi connectivity index (χ0n) is 13.7. The molecule has 116 valence electrons. The van der Waals surface area contributed by atoms with Crippen LogP contribution in [0.15, 0.2) is 42.5 Å². The van der Waals surface area contributed by atoms with Crippen LogP contribution >= 0.6 is 0 Å². The van der Waals surface area contributed by atoms with E-state index in [0.717, 1.165) is 12.1 Å². The van der Waals surface area contributed by atoms with Crippen molar-refractivity contribution >= 4 is 5.69 Å². The van der Waals surface area contributed by atoms with Crippen LogP contribution in [-0.4, -0.2) is 13.6 Å². The summed E-state index contributed by atoms with van der Waals surface area (Å²) in [4.78, 5) is 2.42. The summed E-state index contributed by atoms with van der Waals surface area (Å²) in [5.74, 6) is 0. The van der Waals surface area contributed by atoms with Crippen molar-refractivity contribution in [3.05, 3.63) is 53.6 Å². The summed E-state index contributed by atoms with van der Waals surface area (Å²) in [6.45, 7) is 1.16. The van der Waals surface area contributed by atoms with Crippen molar-refractivity contribution < 1.29 is 0 Å².